The van der Waals surface area contributed by atoms with Crippen LogP contribution >= 0.6 is 11.6 Å². The number of nitrogens with zero attached hydrogens (tertiary/aromatic N) is 4. The molecule has 0 radical (unpaired) electrons. The van der Waals surface area contributed by atoms with Crippen molar-refractivity contribution >= 4 is 27.4 Å². The van der Waals surface area contributed by atoms with Crippen LogP contribution in [0.25, 0.3) is 11.6 Å². The van der Waals surface area contributed by atoms with E-state index >= 15 is 0 Å². The van der Waals surface area contributed by atoms with E-state index in [-0.39, 0.29) is 33.3 Å². The molecule has 2 heterocycles. The van der Waals surface area contributed by atoms with Crippen LogP contribution in [-0.2, 0) is 10.0 Å². The highest BCUT2D eigenvalue weighted by molar-refractivity contribution is 7.92. The summed E-state index contributed by atoms with van der Waals surface area (Å²) in [5.41, 5.74) is 0. The Bertz CT molecular complexity index is 1340. The van der Waals surface area contributed by atoms with Crippen LogP contribution in [0.4, 0.5) is 5.82 Å². The molecular formula is C21H16ClN5O4S. The van der Waals surface area contributed by atoms with Gasteiger partial charge >= 0.3 is 0 Å². The van der Waals surface area contributed by atoms with Crippen LogP contribution in [0.5, 0.6) is 17.2 Å². The van der Waals surface area contributed by atoms with Crippen LogP contribution in [-0.4, -0.2) is 35.5 Å². The van der Waals surface area contributed by atoms with Crippen LogP contribution in [0.2, 0.25) is 5.15 Å². The Labute approximate surface area is 189 Å². The number of methoxy groups -OCH3 is 1. The van der Waals surface area contributed by atoms with Crippen molar-refractivity contribution in [3.8, 4) is 28.9 Å². The number of hydrogen-bond acceptors (Lipinski definition) is 8. The molecule has 4 aromatic rings. The zero-order chi connectivity index (χ0) is 22.6. The zero-order valence-corrected chi connectivity index (χ0v) is 18.2. The lowest BCUT2D eigenvalue weighted by Crippen LogP contribution is -2.15. The Kier molecular flexibility index (Phi) is 6.15. The summed E-state index contributed by atoms with van der Waals surface area (Å²) in [7, 11) is -2.53. The summed E-state index contributed by atoms with van der Waals surface area (Å²) in [6.07, 6.45) is 3.01. The number of nitrogens with one attached hydrogen (secondary N) is 1. The van der Waals surface area contributed by atoms with Crippen LogP contribution in [0, 0.1) is 0 Å². The molecule has 0 aliphatic heterocycles. The van der Waals surface area contributed by atoms with Crippen LogP contribution in [0.3, 0.4) is 0 Å². The molecule has 2 aromatic heterocycles. The Morgan fingerprint density at radius 3 is 2.19 bits per heavy atom. The largest absolute Gasteiger partial charge is 0.493 e. The highest BCUT2D eigenvalue weighted by Crippen LogP contribution is 2.39. The third kappa shape index (κ3) is 4.61. The predicted octanol–water partition coefficient (Wildman–Crippen LogP) is 4.19. The molecule has 0 amide bonds. The quantitative estimate of drug-likeness (QED) is 0.400. The smallest absolute Gasteiger partial charge is 0.263 e. The predicted molar refractivity (Wildman–Crippen MR) is 118 cm³/mol. The third-order valence-electron chi connectivity index (χ3n) is 4.16. The first-order chi connectivity index (χ1) is 15.5. The topological polar surface area (TPSA) is 116 Å². The molecule has 0 atom stereocenters. The van der Waals surface area contributed by atoms with Gasteiger partial charge in [0.2, 0.25) is 11.6 Å². The summed E-state index contributed by atoms with van der Waals surface area (Å²) in [4.78, 5) is 16.7. The van der Waals surface area contributed by atoms with Crippen molar-refractivity contribution in [2.45, 2.75) is 4.90 Å². The molecule has 0 bridgehead atoms. The fraction of sp³-hybridized carbons (Fsp3) is 0.0476. The lowest BCUT2D eigenvalue weighted by atomic mass is 10.3. The van der Waals surface area contributed by atoms with E-state index in [1.165, 1.54) is 31.6 Å². The van der Waals surface area contributed by atoms with Crippen molar-refractivity contribution in [1.29, 1.82) is 0 Å². The van der Waals surface area contributed by atoms with E-state index in [2.05, 4.69) is 24.7 Å². The van der Waals surface area contributed by atoms with Gasteiger partial charge in [-0.2, -0.15) is 0 Å². The molecule has 32 heavy (non-hydrogen) atoms. The third-order valence-corrected chi connectivity index (χ3v) is 5.77. The maximum absolute atomic E-state index is 13.0. The number of hydrogen-bond donors (Lipinski definition) is 1. The Balaban J connectivity index is 1.83. The molecule has 0 aliphatic carbocycles. The average Bonchev–Trinajstić information content (AvgIpc) is 2.82. The fourth-order valence-electron chi connectivity index (χ4n) is 2.70. The molecule has 2 aromatic carbocycles. The molecule has 0 saturated heterocycles. The zero-order valence-electron chi connectivity index (χ0n) is 16.6. The first-order valence-electron chi connectivity index (χ1n) is 9.21. The highest BCUT2D eigenvalue weighted by atomic mass is 35.5. The van der Waals surface area contributed by atoms with E-state index in [0.29, 0.717) is 11.5 Å². The standard InChI is InChI=1S/C21H16ClN5O4S/c1-30-15-10-5-6-11-16(15)31-17-18(22)25-21(20-23-12-7-13-24-20)26-19(17)27-32(28,29)14-8-3-2-4-9-14/h2-13H,1H3,(H,25,26,27). The monoisotopic (exact) mass is 469 g/mol. The summed E-state index contributed by atoms with van der Waals surface area (Å²) in [5.74, 6) is 0.616. The van der Waals surface area contributed by atoms with Gasteiger partial charge in [-0.15, -0.1) is 0 Å². The van der Waals surface area contributed by atoms with Crippen LogP contribution in [0.15, 0.2) is 78.0 Å². The number of ether oxygens (including phenoxy) is 2. The van der Waals surface area contributed by atoms with Gasteiger partial charge in [-0.05, 0) is 30.3 Å². The summed E-state index contributed by atoms with van der Waals surface area (Å²) in [5, 5.41) is -0.140. The number of rotatable bonds is 7. The van der Waals surface area contributed by atoms with Crippen molar-refractivity contribution in [3.63, 3.8) is 0 Å². The minimum absolute atomic E-state index is 0.0220. The second-order valence-corrected chi connectivity index (χ2v) is 8.30. The second-order valence-electron chi connectivity index (χ2n) is 6.26. The van der Waals surface area contributed by atoms with Crippen molar-refractivity contribution in [2.24, 2.45) is 0 Å². The molecule has 1 N–H and O–H groups in total. The Morgan fingerprint density at radius 2 is 1.50 bits per heavy atom. The first kappa shape index (κ1) is 21.5. The lowest BCUT2D eigenvalue weighted by molar-refractivity contribution is 0.378. The van der Waals surface area contributed by atoms with Gasteiger partial charge in [-0.25, -0.2) is 28.4 Å². The minimum atomic E-state index is -4.01. The molecular weight excluding hydrogens is 454 g/mol. The number of aromatic nitrogens is 4. The highest BCUT2D eigenvalue weighted by Gasteiger charge is 2.24. The maximum atomic E-state index is 13.0. The molecule has 0 unspecified atom stereocenters. The summed E-state index contributed by atoms with van der Waals surface area (Å²) in [6, 6.07) is 16.3. The van der Waals surface area contributed by atoms with Crippen molar-refractivity contribution in [1.82, 2.24) is 19.9 Å². The summed E-state index contributed by atoms with van der Waals surface area (Å²) < 4.78 is 39.5. The molecule has 4 rings (SSSR count). The van der Waals surface area contributed by atoms with E-state index in [1.807, 2.05) is 0 Å². The van der Waals surface area contributed by atoms with Crippen LogP contribution < -0.4 is 14.2 Å². The van der Waals surface area contributed by atoms with Gasteiger partial charge in [0.15, 0.2) is 28.3 Å². The number of para-hydroxylation sites is 2. The average molecular weight is 470 g/mol. The van der Waals surface area contributed by atoms with E-state index in [4.69, 9.17) is 21.1 Å². The van der Waals surface area contributed by atoms with E-state index in [1.54, 1.807) is 48.5 Å². The van der Waals surface area contributed by atoms with Gasteiger partial charge in [0.1, 0.15) is 0 Å². The van der Waals surface area contributed by atoms with E-state index in [0.717, 1.165) is 0 Å². The van der Waals surface area contributed by atoms with Crippen molar-refractivity contribution in [2.75, 3.05) is 11.8 Å². The normalized spacial score (nSPS) is 11.1. The first-order valence-corrected chi connectivity index (χ1v) is 11.1. The Morgan fingerprint density at radius 1 is 0.844 bits per heavy atom. The minimum Gasteiger partial charge on any atom is -0.493 e. The number of benzene rings is 2. The van der Waals surface area contributed by atoms with Gasteiger partial charge in [-0.3, -0.25) is 4.72 Å². The number of anilines is 1. The summed E-state index contributed by atoms with van der Waals surface area (Å²) >= 11 is 6.40. The molecule has 162 valence electrons. The maximum Gasteiger partial charge on any atom is 0.263 e. The number of sulfonamides is 1. The van der Waals surface area contributed by atoms with Gasteiger partial charge in [-0.1, -0.05) is 41.9 Å². The molecule has 9 nitrogen and oxygen atoms in total. The number of halogens is 1. The van der Waals surface area contributed by atoms with E-state index in [9.17, 15) is 8.42 Å². The summed E-state index contributed by atoms with van der Waals surface area (Å²) in [6.45, 7) is 0. The molecule has 0 fully saturated rings. The Hall–Kier alpha value is -3.76. The van der Waals surface area contributed by atoms with Gasteiger partial charge in [0, 0.05) is 12.4 Å². The fourth-order valence-corrected chi connectivity index (χ4v) is 3.93. The lowest BCUT2D eigenvalue weighted by Gasteiger charge is -2.16. The van der Waals surface area contributed by atoms with Crippen molar-refractivity contribution < 1.29 is 17.9 Å². The molecule has 0 spiro atoms. The van der Waals surface area contributed by atoms with Gasteiger partial charge in [0.05, 0.1) is 12.0 Å². The second kappa shape index (κ2) is 9.16. The van der Waals surface area contributed by atoms with Gasteiger partial charge < -0.3 is 9.47 Å². The SMILES string of the molecule is COc1ccccc1Oc1c(Cl)nc(-c2ncccn2)nc1NS(=O)(=O)c1ccccc1. The van der Waals surface area contributed by atoms with E-state index < -0.39 is 10.0 Å². The molecule has 11 heteroatoms. The van der Waals surface area contributed by atoms with Gasteiger partial charge in [0.25, 0.3) is 10.0 Å². The molecule has 0 aliphatic rings. The molecule has 0 saturated carbocycles. The van der Waals surface area contributed by atoms with Crippen LogP contribution in [0.1, 0.15) is 0 Å². The van der Waals surface area contributed by atoms with Crippen molar-refractivity contribution in [3.05, 3.63) is 78.2 Å².